The Morgan fingerprint density at radius 1 is 1.10 bits per heavy atom. The molecule has 1 fully saturated rings. The van der Waals surface area contributed by atoms with E-state index in [1.165, 1.54) is 0 Å². The normalized spacial score (nSPS) is 22.6. The Morgan fingerprint density at radius 3 is 2.10 bits per heavy atom. The Labute approximate surface area is 127 Å². The third kappa shape index (κ3) is 2.94. The van der Waals surface area contributed by atoms with Crippen molar-refractivity contribution in [2.75, 3.05) is 27.9 Å². The molecule has 1 heterocycles. The summed E-state index contributed by atoms with van der Waals surface area (Å²) in [6.45, 7) is 5.36. The van der Waals surface area contributed by atoms with Gasteiger partial charge in [0, 0.05) is 30.8 Å². The molecule has 1 aromatic carbocycles. The number of nitrogens with two attached hydrogens (primary N) is 1. The van der Waals surface area contributed by atoms with Gasteiger partial charge in [-0.15, -0.1) is 0 Å². The molecule has 5 nitrogen and oxygen atoms in total. The topological polar surface area (TPSA) is 57.0 Å². The van der Waals surface area contributed by atoms with Gasteiger partial charge in [-0.25, -0.2) is 0 Å². The second kappa shape index (κ2) is 6.54. The predicted octanol–water partition coefficient (Wildman–Crippen LogP) is 2.19. The standard InChI is InChI=1S/C16H26N2O3/c1-10(2)18-7-6-12(17)16(18)15-13(20-4)8-11(19-3)9-14(15)21-5/h8-10,12,16H,6-7,17H2,1-5H3. The van der Waals surface area contributed by atoms with Gasteiger partial charge in [-0.3, -0.25) is 4.90 Å². The van der Waals surface area contributed by atoms with Crippen LogP contribution in [0.4, 0.5) is 0 Å². The van der Waals surface area contributed by atoms with Crippen molar-refractivity contribution in [3.05, 3.63) is 17.7 Å². The Kier molecular flexibility index (Phi) is 4.96. The summed E-state index contributed by atoms with van der Waals surface area (Å²) in [5.41, 5.74) is 7.39. The van der Waals surface area contributed by atoms with Crippen LogP contribution in [-0.2, 0) is 0 Å². The average molecular weight is 294 g/mol. The molecule has 1 aliphatic heterocycles. The summed E-state index contributed by atoms with van der Waals surface area (Å²) in [6.07, 6.45) is 0.973. The van der Waals surface area contributed by atoms with Crippen LogP contribution < -0.4 is 19.9 Å². The van der Waals surface area contributed by atoms with Gasteiger partial charge >= 0.3 is 0 Å². The Balaban J connectivity index is 2.55. The third-order valence-electron chi connectivity index (χ3n) is 4.20. The molecule has 0 radical (unpaired) electrons. The molecule has 0 aliphatic carbocycles. The van der Waals surface area contributed by atoms with Crippen molar-refractivity contribution < 1.29 is 14.2 Å². The van der Waals surface area contributed by atoms with Crippen LogP contribution >= 0.6 is 0 Å². The highest BCUT2D eigenvalue weighted by Gasteiger charge is 2.38. The molecule has 21 heavy (non-hydrogen) atoms. The van der Waals surface area contributed by atoms with Gasteiger partial charge in [-0.1, -0.05) is 0 Å². The summed E-state index contributed by atoms with van der Waals surface area (Å²) in [7, 11) is 4.96. The van der Waals surface area contributed by atoms with Crippen LogP contribution in [-0.4, -0.2) is 44.9 Å². The van der Waals surface area contributed by atoms with E-state index in [2.05, 4.69) is 18.7 Å². The van der Waals surface area contributed by atoms with E-state index < -0.39 is 0 Å². The van der Waals surface area contributed by atoms with Crippen LogP contribution in [0.1, 0.15) is 31.9 Å². The summed E-state index contributed by atoms with van der Waals surface area (Å²) in [6, 6.07) is 4.37. The lowest BCUT2D eigenvalue weighted by Crippen LogP contribution is -2.36. The van der Waals surface area contributed by atoms with E-state index >= 15 is 0 Å². The van der Waals surface area contributed by atoms with Crippen molar-refractivity contribution >= 4 is 0 Å². The summed E-state index contributed by atoms with van der Waals surface area (Å²) in [5, 5.41) is 0. The van der Waals surface area contributed by atoms with E-state index in [0.717, 1.165) is 35.8 Å². The molecule has 2 unspecified atom stereocenters. The first-order valence-corrected chi connectivity index (χ1v) is 7.34. The number of likely N-dealkylation sites (tertiary alicyclic amines) is 1. The van der Waals surface area contributed by atoms with Crippen LogP contribution in [0.15, 0.2) is 12.1 Å². The highest BCUT2D eigenvalue weighted by atomic mass is 16.5. The maximum Gasteiger partial charge on any atom is 0.131 e. The van der Waals surface area contributed by atoms with E-state index in [1.54, 1.807) is 21.3 Å². The van der Waals surface area contributed by atoms with Gasteiger partial charge in [0.05, 0.1) is 32.9 Å². The van der Waals surface area contributed by atoms with E-state index in [-0.39, 0.29) is 12.1 Å². The van der Waals surface area contributed by atoms with Crippen LogP contribution in [0.25, 0.3) is 0 Å². The number of nitrogens with zero attached hydrogens (tertiary/aromatic N) is 1. The number of hydrogen-bond donors (Lipinski definition) is 1. The van der Waals surface area contributed by atoms with Gasteiger partial charge < -0.3 is 19.9 Å². The Bertz CT molecular complexity index is 465. The first kappa shape index (κ1) is 15.9. The minimum absolute atomic E-state index is 0.0728. The lowest BCUT2D eigenvalue weighted by Gasteiger charge is -2.32. The molecule has 2 atom stereocenters. The molecule has 0 saturated carbocycles. The third-order valence-corrected chi connectivity index (χ3v) is 4.20. The molecular weight excluding hydrogens is 268 g/mol. The number of methoxy groups -OCH3 is 3. The Hall–Kier alpha value is -1.46. The molecule has 0 spiro atoms. The van der Waals surface area contributed by atoms with Crippen molar-refractivity contribution in [2.45, 2.75) is 38.4 Å². The van der Waals surface area contributed by atoms with Crippen molar-refractivity contribution in [3.8, 4) is 17.2 Å². The second-order valence-electron chi connectivity index (χ2n) is 5.67. The zero-order chi connectivity index (χ0) is 15.6. The van der Waals surface area contributed by atoms with E-state index in [0.29, 0.717) is 6.04 Å². The maximum absolute atomic E-state index is 6.37. The highest BCUT2D eigenvalue weighted by molar-refractivity contribution is 5.53. The zero-order valence-electron chi connectivity index (χ0n) is 13.6. The van der Waals surface area contributed by atoms with Gasteiger partial charge in [0.15, 0.2) is 0 Å². The molecule has 0 amide bonds. The van der Waals surface area contributed by atoms with Crippen LogP contribution in [0, 0.1) is 0 Å². The van der Waals surface area contributed by atoms with Crippen molar-refractivity contribution in [1.82, 2.24) is 4.90 Å². The fraction of sp³-hybridized carbons (Fsp3) is 0.625. The number of hydrogen-bond acceptors (Lipinski definition) is 5. The van der Waals surface area contributed by atoms with Crippen molar-refractivity contribution in [3.63, 3.8) is 0 Å². The molecule has 5 heteroatoms. The van der Waals surface area contributed by atoms with Gasteiger partial charge in [-0.05, 0) is 20.3 Å². The van der Waals surface area contributed by atoms with Crippen LogP contribution in [0.3, 0.4) is 0 Å². The summed E-state index contributed by atoms with van der Waals surface area (Å²) < 4.78 is 16.5. The molecule has 1 saturated heterocycles. The molecule has 1 aromatic rings. The van der Waals surface area contributed by atoms with Crippen LogP contribution in [0.5, 0.6) is 17.2 Å². The van der Waals surface area contributed by atoms with E-state index in [4.69, 9.17) is 19.9 Å². The van der Waals surface area contributed by atoms with E-state index in [9.17, 15) is 0 Å². The maximum atomic E-state index is 6.37. The molecule has 1 aliphatic rings. The van der Waals surface area contributed by atoms with Crippen molar-refractivity contribution in [2.24, 2.45) is 5.73 Å². The van der Waals surface area contributed by atoms with Crippen LogP contribution in [0.2, 0.25) is 0 Å². The number of benzene rings is 1. The molecule has 2 N–H and O–H groups in total. The highest BCUT2D eigenvalue weighted by Crippen LogP contribution is 2.44. The molecular formula is C16H26N2O3. The largest absolute Gasteiger partial charge is 0.496 e. The van der Waals surface area contributed by atoms with Gasteiger partial charge in [-0.2, -0.15) is 0 Å². The van der Waals surface area contributed by atoms with Gasteiger partial charge in [0.2, 0.25) is 0 Å². The average Bonchev–Trinajstić information content (AvgIpc) is 2.87. The minimum atomic E-state index is 0.0728. The van der Waals surface area contributed by atoms with E-state index in [1.807, 2.05) is 12.1 Å². The predicted molar refractivity (Wildman–Crippen MR) is 83.3 cm³/mol. The lowest BCUT2D eigenvalue weighted by molar-refractivity contribution is 0.190. The summed E-state index contributed by atoms with van der Waals surface area (Å²) in [5.74, 6) is 2.24. The monoisotopic (exact) mass is 294 g/mol. The fourth-order valence-electron chi connectivity index (χ4n) is 3.12. The minimum Gasteiger partial charge on any atom is -0.496 e. The van der Waals surface area contributed by atoms with Gasteiger partial charge in [0.1, 0.15) is 17.2 Å². The zero-order valence-corrected chi connectivity index (χ0v) is 13.6. The quantitative estimate of drug-likeness (QED) is 0.902. The first-order valence-electron chi connectivity index (χ1n) is 7.34. The van der Waals surface area contributed by atoms with Crippen molar-refractivity contribution in [1.29, 1.82) is 0 Å². The summed E-state index contributed by atoms with van der Waals surface area (Å²) >= 11 is 0. The SMILES string of the molecule is COc1cc(OC)c(C2C(N)CCN2C(C)C)c(OC)c1. The smallest absolute Gasteiger partial charge is 0.131 e. The Morgan fingerprint density at radius 2 is 1.67 bits per heavy atom. The number of ether oxygens (including phenoxy) is 3. The van der Waals surface area contributed by atoms with Gasteiger partial charge in [0.25, 0.3) is 0 Å². The molecule has 118 valence electrons. The first-order chi connectivity index (χ1) is 10.0. The fourth-order valence-corrected chi connectivity index (χ4v) is 3.12. The lowest BCUT2D eigenvalue weighted by atomic mass is 9.97. The molecule has 0 bridgehead atoms. The summed E-state index contributed by atoms with van der Waals surface area (Å²) in [4.78, 5) is 2.40. The molecule has 2 rings (SSSR count). The second-order valence-corrected chi connectivity index (χ2v) is 5.67. The number of rotatable bonds is 5. The molecule has 0 aromatic heterocycles.